The van der Waals surface area contributed by atoms with Crippen LogP contribution in [0.5, 0.6) is 11.5 Å². The van der Waals surface area contributed by atoms with Gasteiger partial charge in [-0.1, -0.05) is 37.3 Å². The van der Waals surface area contributed by atoms with Gasteiger partial charge < -0.3 is 9.47 Å². The molecule has 0 radical (unpaired) electrons. The lowest BCUT2D eigenvalue weighted by atomic mass is 9.97. The van der Waals surface area contributed by atoms with E-state index in [4.69, 9.17) is 9.47 Å². The largest absolute Gasteiger partial charge is 0.490 e. The Morgan fingerprint density at radius 2 is 1.76 bits per heavy atom. The number of rotatable bonds is 6. The van der Waals surface area contributed by atoms with Gasteiger partial charge in [0, 0.05) is 19.0 Å². The van der Waals surface area contributed by atoms with Gasteiger partial charge in [-0.05, 0) is 30.0 Å². The van der Waals surface area contributed by atoms with Gasteiger partial charge in [-0.15, -0.1) is 0 Å². The van der Waals surface area contributed by atoms with Crippen LogP contribution in [0.2, 0.25) is 0 Å². The molecule has 1 N–H and O–H groups in total. The highest BCUT2D eigenvalue weighted by molar-refractivity contribution is 7.89. The van der Waals surface area contributed by atoms with E-state index < -0.39 is 10.0 Å². The predicted molar refractivity (Wildman–Crippen MR) is 96.7 cm³/mol. The lowest BCUT2D eigenvalue weighted by molar-refractivity contribution is 0.297. The van der Waals surface area contributed by atoms with Gasteiger partial charge in [0.15, 0.2) is 11.5 Å². The third-order valence-electron chi connectivity index (χ3n) is 4.31. The summed E-state index contributed by atoms with van der Waals surface area (Å²) in [6.07, 6.45) is 1.64. The van der Waals surface area contributed by atoms with Crippen molar-refractivity contribution in [3.63, 3.8) is 0 Å². The van der Waals surface area contributed by atoms with Crippen molar-refractivity contribution in [2.45, 2.75) is 30.6 Å². The standard InChI is InChI=1S/C19H23NO4S/c1-2-15(16-7-4-3-5-8-16)14-20-25(21,22)17-9-10-18-19(13-17)24-12-6-11-23-18/h3-5,7-10,13,15,20H,2,6,11-12,14H2,1H3. The van der Waals surface area contributed by atoms with Gasteiger partial charge in [-0.3, -0.25) is 0 Å². The summed E-state index contributed by atoms with van der Waals surface area (Å²) in [6.45, 7) is 3.51. The van der Waals surface area contributed by atoms with Crippen LogP contribution in [0.3, 0.4) is 0 Å². The van der Waals surface area contributed by atoms with Crippen LogP contribution in [-0.4, -0.2) is 28.2 Å². The van der Waals surface area contributed by atoms with Crippen molar-refractivity contribution < 1.29 is 17.9 Å². The molecule has 0 amide bonds. The molecule has 1 aliphatic heterocycles. The van der Waals surface area contributed by atoms with Gasteiger partial charge in [-0.2, -0.15) is 0 Å². The van der Waals surface area contributed by atoms with E-state index in [1.54, 1.807) is 12.1 Å². The minimum absolute atomic E-state index is 0.136. The van der Waals surface area contributed by atoms with Crippen LogP contribution >= 0.6 is 0 Å². The highest BCUT2D eigenvalue weighted by Gasteiger charge is 2.20. The van der Waals surface area contributed by atoms with Gasteiger partial charge in [0.2, 0.25) is 10.0 Å². The lowest BCUT2D eigenvalue weighted by Crippen LogP contribution is -2.28. The Balaban J connectivity index is 1.74. The number of hydrogen-bond donors (Lipinski definition) is 1. The van der Waals surface area contributed by atoms with Crippen molar-refractivity contribution >= 4 is 10.0 Å². The van der Waals surface area contributed by atoms with Crippen molar-refractivity contribution in [1.29, 1.82) is 0 Å². The highest BCUT2D eigenvalue weighted by Crippen LogP contribution is 2.32. The van der Waals surface area contributed by atoms with E-state index in [1.165, 1.54) is 6.07 Å². The summed E-state index contributed by atoms with van der Waals surface area (Å²) < 4.78 is 39.2. The van der Waals surface area contributed by atoms with Gasteiger partial charge >= 0.3 is 0 Å². The molecule has 0 aromatic heterocycles. The number of fused-ring (bicyclic) bond motifs is 1. The van der Waals surface area contributed by atoms with Crippen molar-refractivity contribution in [1.82, 2.24) is 4.72 Å². The number of hydrogen-bond acceptors (Lipinski definition) is 4. The van der Waals surface area contributed by atoms with E-state index in [-0.39, 0.29) is 10.8 Å². The van der Waals surface area contributed by atoms with Crippen molar-refractivity contribution in [3.8, 4) is 11.5 Å². The highest BCUT2D eigenvalue weighted by atomic mass is 32.2. The quantitative estimate of drug-likeness (QED) is 0.857. The monoisotopic (exact) mass is 361 g/mol. The SMILES string of the molecule is CCC(CNS(=O)(=O)c1ccc2c(c1)OCCCO2)c1ccccc1. The van der Waals surface area contributed by atoms with E-state index >= 15 is 0 Å². The van der Waals surface area contributed by atoms with E-state index in [9.17, 15) is 8.42 Å². The number of ether oxygens (including phenoxy) is 2. The Morgan fingerprint density at radius 1 is 1.04 bits per heavy atom. The van der Waals surface area contributed by atoms with Crippen molar-refractivity contribution in [2.75, 3.05) is 19.8 Å². The molecule has 6 heteroatoms. The van der Waals surface area contributed by atoms with Gasteiger partial charge in [0.05, 0.1) is 18.1 Å². The van der Waals surface area contributed by atoms with Crippen LogP contribution in [0, 0.1) is 0 Å². The Bertz CT molecular complexity index is 805. The minimum Gasteiger partial charge on any atom is -0.490 e. The first kappa shape index (κ1) is 17.8. The molecule has 0 saturated heterocycles. The first-order valence-corrected chi connectivity index (χ1v) is 10.0. The third-order valence-corrected chi connectivity index (χ3v) is 5.73. The van der Waals surface area contributed by atoms with Crippen LogP contribution in [0.25, 0.3) is 0 Å². The molecular weight excluding hydrogens is 338 g/mol. The molecular formula is C19H23NO4S. The second kappa shape index (κ2) is 7.89. The molecule has 5 nitrogen and oxygen atoms in total. The van der Waals surface area contributed by atoms with Crippen LogP contribution in [0.15, 0.2) is 53.4 Å². The Kier molecular flexibility index (Phi) is 5.60. The van der Waals surface area contributed by atoms with E-state index in [0.717, 1.165) is 18.4 Å². The average molecular weight is 361 g/mol. The summed E-state index contributed by atoms with van der Waals surface area (Å²) in [5.41, 5.74) is 1.13. The summed E-state index contributed by atoms with van der Waals surface area (Å²) in [7, 11) is -3.60. The maximum absolute atomic E-state index is 12.6. The molecule has 1 heterocycles. The van der Waals surface area contributed by atoms with E-state index in [0.29, 0.717) is 31.3 Å². The molecule has 2 aromatic rings. The zero-order valence-corrected chi connectivity index (χ0v) is 15.1. The van der Waals surface area contributed by atoms with Crippen LogP contribution in [0.4, 0.5) is 0 Å². The first-order chi connectivity index (χ1) is 12.1. The molecule has 0 saturated carbocycles. The topological polar surface area (TPSA) is 64.6 Å². The summed E-state index contributed by atoms with van der Waals surface area (Å²) in [6, 6.07) is 14.7. The molecule has 0 bridgehead atoms. The van der Waals surface area contributed by atoms with Crippen LogP contribution in [0.1, 0.15) is 31.2 Å². The molecule has 134 valence electrons. The Morgan fingerprint density at radius 3 is 2.48 bits per heavy atom. The van der Waals surface area contributed by atoms with Crippen molar-refractivity contribution in [2.24, 2.45) is 0 Å². The predicted octanol–water partition coefficient (Wildman–Crippen LogP) is 3.32. The maximum Gasteiger partial charge on any atom is 0.240 e. The molecule has 1 unspecified atom stereocenters. The molecule has 0 aliphatic carbocycles. The van der Waals surface area contributed by atoms with Crippen molar-refractivity contribution in [3.05, 3.63) is 54.1 Å². The molecule has 25 heavy (non-hydrogen) atoms. The summed E-state index contributed by atoms with van der Waals surface area (Å²) in [5.74, 6) is 1.21. The Labute approximate surface area is 149 Å². The number of sulfonamides is 1. The van der Waals surface area contributed by atoms with E-state index in [2.05, 4.69) is 11.6 Å². The zero-order chi connectivity index (χ0) is 17.7. The summed E-state index contributed by atoms with van der Waals surface area (Å²) in [5, 5.41) is 0. The van der Waals surface area contributed by atoms with Gasteiger partial charge in [-0.25, -0.2) is 13.1 Å². The fourth-order valence-electron chi connectivity index (χ4n) is 2.83. The van der Waals surface area contributed by atoms with Gasteiger partial charge in [0.25, 0.3) is 0 Å². The normalized spacial score (nSPS) is 15.4. The summed E-state index contributed by atoms with van der Waals surface area (Å²) in [4.78, 5) is 0.194. The maximum atomic E-state index is 12.6. The van der Waals surface area contributed by atoms with E-state index in [1.807, 2.05) is 30.3 Å². The average Bonchev–Trinajstić information content (AvgIpc) is 2.88. The van der Waals surface area contributed by atoms with Crippen LogP contribution in [-0.2, 0) is 10.0 Å². The smallest absolute Gasteiger partial charge is 0.240 e. The lowest BCUT2D eigenvalue weighted by Gasteiger charge is -2.17. The zero-order valence-electron chi connectivity index (χ0n) is 14.3. The molecule has 1 atom stereocenters. The number of benzene rings is 2. The first-order valence-electron chi connectivity index (χ1n) is 8.54. The summed E-state index contributed by atoms with van der Waals surface area (Å²) >= 11 is 0. The number of nitrogens with one attached hydrogen (secondary N) is 1. The molecule has 3 rings (SSSR count). The third kappa shape index (κ3) is 4.32. The second-order valence-corrected chi connectivity index (χ2v) is 7.79. The fourth-order valence-corrected chi connectivity index (χ4v) is 3.92. The van der Waals surface area contributed by atoms with Gasteiger partial charge in [0.1, 0.15) is 0 Å². The van der Waals surface area contributed by atoms with Crippen LogP contribution < -0.4 is 14.2 Å². The molecule has 0 fully saturated rings. The Hall–Kier alpha value is -2.05. The fraction of sp³-hybridized carbons (Fsp3) is 0.368. The second-order valence-electron chi connectivity index (χ2n) is 6.03. The molecule has 0 spiro atoms. The molecule has 2 aromatic carbocycles. The molecule has 1 aliphatic rings. The minimum atomic E-state index is -3.60.